The molecule has 0 saturated heterocycles. The van der Waals surface area contributed by atoms with E-state index in [0.29, 0.717) is 25.3 Å². The number of hydrogen-bond donors (Lipinski definition) is 0. The third-order valence-corrected chi connectivity index (χ3v) is 8.51. The molecular formula is C28H39NO4S2. The summed E-state index contributed by atoms with van der Waals surface area (Å²) in [6.45, 7) is 17.4. The summed E-state index contributed by atoms with van der Waals surface area (Å²) in [6, 6.07) is 4.25. The second-order valence-electron chi connectivity index (χ2n) is 10.2. The first kappa shape index (κ1) is 27.5. The van der Waals surface area contributed by atoms with E-state index in [1.165, 1.54) is 9.75 Å². The average molecular weight is 518 g/mol. The van der Waals surface area contributed by atoms with Gasteiger partial charge in [0.25, 0.3) is 0 Å². The van der Waals surface area contributed by atoms with Crippen LogP contribution >= 0.6 is 22.7 Å². The Bertz CT molecular complexity index is 1220. The van der Waals surface area contributed by atoms with Crippen molar-refractivity contribution in [3.8, 4) is 22.6 Å². The van der Waals surface area contributed by atoms with Crippen molar-refractivity contribution < 1.29 is 13.9 Å². The number of rotatable bonds is 11. The topological polar surface area (TPSA) is 61.4 Å². The number of oxazole rings is 1. The molecule has 0 amide bonds. The summed E-state index contributed by atoms with van der Waals surface area (Å²) in [5.41, 5.74) is 2.25. The van der Waals surface area contributed by atoms with E-state index in [9.17, 15) is 9.59 Å². The van der Waals surface area contributed by atoms with Crippen LogP contribution in [-0.4, -0.2) is 17.1 Å². The normalized spacial score (nSPS) is 12.8. The Morgan fingerprint density at radius 3 is 2.17 bits per heavy atom. The number of ether oxygens (including phenoxy) is 1. The third-order valence-electron chi connectivity index (χ3n) is 6.58. The Morgan fingerprint density at radius 1 is 1.06 bits per heavy atom. The SMILES string of the molecule is CCCCOC(=O)C(C)(C)CC(CC)Cn1c(-c2cc(C)sc2C)c(-c2cc(C)sc2C)oc1=O. The van der Waals surface area contributed by atoms with Crippen molar-refractivity contribution in [2.24, 2.45) is 11.3 Å². The van der Waals surface area contributed by atoms with Crippen LogP contribution in [0.15, 0.2) is 21.3 Å². The molecule has 1 atom stereocenters. The molecule has 5 nitrogen and oxygen atoms in total. The summed E-state index contributed by atoms with van der Waals surface area (Å²) >= 11 is 3.44. The number of carbonyl (C=O) groups excluding carboxylic acids is 1. The Labute approximate surface area is 217 Å². The minimum absolute atomic E-state index is 0.121. The summed E-state index contributed by atoms with van der Waals surface area (Å²) in [5.74, 6) is 0.253. The van der Waals surface area contributed by atoms with E-state index in [1.807, 2.05) is 13.8 Å². The minimum Gasteiger partial charge on any atom is -0.465 e. The predicted molar refractivity (Wildman–Crippen MR) is 147 cm³/mol. The molecule has 0 aromatic carbocycles. The van der Waals surface area contributed by atoms with Gasteiger partial charge in [-0.3, -0.25) is 9.36 Å². The van der Waals surface area contributed by atoms with Crippen LogP contribution in [0.4, 0.5) is 0 Å². The molecule has 0 radical (unpaired) electrons. The van der Waals surface area contributed by atoms with Crippen LogP contribution in [0.2, 0.25) is 0 Å². The van der Waals surface area contributed by atoms with Crippen molar-refractivity contribution in [1.82, 2.24) is 4.57 Å². The fraction of sp³-hybridized carbons (Fsp3) is 0.571. The fourth-order valence-corrected chi connectivity index (χ4v) is 6.50. The van der Waals surface area contributed by atoms with E-state index in [2.05, 4.69) is 53.7 Å². The lowest BCUT2D eigenvalue weighted by Crippen LogP contribution is -2.31. The molecule has 3 rings (SSSR count). The van der Waals surface area contributed by atoms with Gasteiger partial charge in [0.1, 0.15) is 0 Å². The maximum absolute atomic E-state index is 13.3. The number of aromatic nitrogens is 1. The molecule has 7 heteroatoms. The molecule has 0 fully saturated rings. The molecule has 3 heterocycles. The first-order chi connectivity index (χ1) is 16.5. The van der Waals surface area contributed by atoms with Crippen LogP contribution in [0.1, 0.15) is 72.9 Å². The van der Waals surface area contributed by atoms with Crippen molar-refractivity contribution in [1.29, 1.82) is 0 Å². The van der Waals surface area contributed by atoms with Gasteiger partial charge in [0.2, 0.25) is 0 Å². The molecule has 0 bridgehead atoms. The first-order valence-electron chi connectivity index (χ1n) is 12.5. The van der Waals surface area contributed by atoms with Crippen LogP contribution < -0.4 is 5.76 Å². The molecule has 192 valence electrons. The molecule has 0 spiro atoms. The zero-order valence-electron chi connectivity index (χ0n) is 22.4. The van der Waals surface area contributed by atoms with Gasteiger partial charge in [0.05, 0.1) is 17.7 Å². The van der Waals surface area contributed by atoms with Crippen LogP contribution in [0.5, 0.6) is 0 Å². The van der Waals surface area contributed by atoms with Crippen molar-refractivity contribution in [2.75, 3.05) is 6.61 Å². The van der Waals surface area contributed by atoms with E-state index >= 15 is 0 Å². The zero-order chi connectivity index (χ0) is 25.9. The van der Waals surface area contributed by atoms with Crippen LogP contribution in [-0.2, 0) is 16.1 Å². The Kier molecular flexibility index (Phi) is 8.86. The monoisotopic (exact) mass is 517 g/mol. The summed E-state index contributed by atoms with van der Waals surface area (Å²) in [4.78, 5) is 30.7. The van der Waals surface area contributed by atoms with Gasteiger partial charge in [0, 0.05) is 37.2 Å². The standard InChI is InChI=1S/C28H39NO4S2/c1-9-11-12-32-26(30)28(7,8)15-21(10-2)16-29-24(22-13-17(3)34-19(22)5)25(33-27(29)31)23-14-18(4)35-20(23)6/h13-14,21H,9-12,15-16H2,1-8H3. The highest BCUT2D eigenvalue weighted by Crippen LogP contribution is 2.41. The van der Waals surface area contributed by atoms with Crippen molar-refractivity contribution in [3.05, 3.63) is 42.2 Å². The van der Waals surface area contributed by atoms with E-state index in [4.69, 9.17) is 9.15 Å². The van der Waals surface area contributed by atoms with Gasteiger partial charge >= 0.3 is 11.7 Å². The first-order valence-corrected chi connectivity index (χ1v) is 14.2. The summed E-state index contributed by atoms with van der Waals surface area (Å²) in [6.07, 6.45) is 3.34. The summed E-state index contributed by atoms with van der Waals surface area (Å²) in [5, 5.41) is 0. The molecule has 0 aliphatic heterocycles. The van der Waals surface area contributed by atoms with E-state index in [-0.39, 0.29) is 17.6 Å². The number of hydrogen-bond acceptors (Lipinski definition) is 6. The predicted octanol–water partition coefficient (Wildman–Crippen LogP) is 7.92. The van der Waals surface area contributed by atoms with Gasteiger partial charge in [0.15, 0.2) is 5.76 Å². The smallest absolute Gasteiger partial charge is 0.420 e. The van der Waals surface area contributed by atoms with Gasteiger partial charge in [-0.05, 0) is 72.4 Å². The third kappa shape index (κ3) is 6.18. The number of aryl methyl sites for hydroxylation is 4. The number of nitrogens with zero attached hydrogens (tertiary/aromatic N) is 1. The Hall–Kier alpha value is -2.12. The quantitative estimate of drug-likeness (QED) is 0.191. The molecule has 1 unspecified atom stereocenters. The number of thiophene rings is 2. The van der Waals surface area contributed by atoms with Crippen LogP contribution in [0.3, 0.4) is 0 Å². The summed E-state index contributed by atoms with van der Waals surface area (Å²) < 4.78 is 13.3. The maximum Gasteiger partial charge on any atom is 0.420 e. The lowest BCUT2D eigenvalue weighted by molar-refractivity contribution is -0.155. The highest BCUT2D eigenvalue weighted by Gasteiger charge is 2.33. The van der Waals surface area contributed by atoms with Gasteiger partial charge in [-0.15, -0.1) is 22.7 Å². The molecule has 0 aliphatic carbocycles. The molecule has 0 saturated carbocycles. The molecule has 3 aromatic heterocycles. The van der Waals surface area contributed by atoms with E-state index in [0.717, 1.165) is 45.8 Å². The summed E-state index contributed by atoms with van der Waals surface area (Å²) in [7, 11) is 0. The second-order valence-corrected chi connectivity index (χ2v) is 13.1. The average Bonchev–Trinajstić information content (AvgIpc) is 3.40. The fourth-order valence-electron chi connectivity index (χ4n) is 4.65. The zero-order valence-corrected chi connectivity index (χ0v) is 24.0. The molecule has 35 heavy (non-hydrogen) atoms. The van der Waals surface area contributed by atoms with Gasteiger partial charge in [-0.25, -0.2) is 4.79 Å². The molecule has 0 aliphatic rings. The Morgan fingerprint density at radius 2 is 1.66 bits per heavy atom. The number of unbranched alkanes of at least 4 members (excludes halogenated alkanes) is 1. The van der Waals surface area contributed by atoms with Crippen molar-refractivity contribution in [3.63, 3.8) is 0 Å². The minimum atomic E-state index is -0.624. The maximum atomic E-state index is 13.3. The lowest BCUT2D eigenvalue weighted by Gasteiger charge is -2.27. The molecule has 3 aromatic rings. The van der Waals surface area contributed by atoms with Gasteiger partial charge in [-0.1, -0.05) is 26.7 Å². The van der Waals surface area contributed by atoms with Gasteiger partial charge in [-0.2, -0.15) is 0 Å². The lowest BCUT2D eigenvalue weighted by atomic mass is 9.81. The van der Waals surface area contributed by atoms with E-state index < -0.39 is 5.41 Å². The Balaban J connectivity index is 2.01. The number of esters is 1. The van der Waals surface area contributed by atoms with Crippen LogP contribution in [0.25, 0.3) is 22.6 Å². The number of carbonyl (C=O) groups is 1. The highest BCUT2D eigenvalue weighted by molar-refractivity contribution is 7.12. The molecular weight excluding hydrogens is 478 g/mol. The van der Waals surface area contributed by atoms with Crippen molar-refractivity contribution >= 4 is 28.6 Å². The molecule has 0 N–H and O–H groups in total. The van der Waals surface area contributed by atoms with Crippen molar-refractivity contribution in [2.45, 2.75) is 87.6 Å². The van der Waals surface area contributed by atoms with Crippen LogP contribution in [0, 0.1) is 39.0 Å². The van der Waals surface area contributed by atoms with Gasteiger partial charge < -0.3 is 9.15 Å². The second kappa shape index (κ2) is 11.3. The highest BCUT2D eigenvalue weighted by atomic mass is 32.1. The van der Waals surface area contributed by atoms with E-state index in [1.54, 1.807) is 27.2 Å². The largest absolute Gasteiger partial charge is 0.465 e.